The number of pyridine rings is 1. The number of H-pyrrole nitrogens is 1. The largest absolute Gasteiger partial charge is 0.329 e. The van der Waals surface area contributed by atoms with Crippen LogP contribution in [0.5, 0.6) is 0 Å². The van der Waals surface area contributed by atoms with E-state index in [1.807, 2.05) is 26.0 Å². The Morgan fingerprint density at radius 2 is 2.15 bits per heavy atom. The molecule has 6 heteroatoms. The van der Waals surface area contributed by atoms with Crippen LogP contribution < -0.4 is 11.2 Å². The molecule has 0 aromatic carbocycles. The first kappa shape index (κ1) is 14.5. The van der Waals surface area contributed by atoms with E-state index in [4.69, 9.17) is 11.6 Å². The summed E-state index contributed by atoms with van der Waals surface area (Å²) in [6.07, 6.45) is 3.97. The molecule has 0 saturated carbocycles. The van der Waals surface area contributed by atoms with E-state index in [9.17, 15) is 9.59 Å². The SMILES string of the molecule is CC(C)c1c(Cl)[nH]c(=O)n(CCc2cccnc2)c1=O. The highest BCUT2D eigenvalue weighted by molar-refractivity contribution is 6.30. The molecule has 0 bridgehead atoms. The molecule has 0 fully saturated rings. The van der Waals surface area contributed by atoms with Crippen LogP contribution in [0.1, 0.15) is 30.9 Å². The number of halogens is 1. The van der Waals surface area contributed by atoms with Crippen molar-refractivity contribution in [3.8, 4) is 0 Å². The van der Waals surface area contributed by atoms with Gasteiger partial charge in [-0.15, -0.1) is 0 Å². The predicted octanol–water partition coefficient (Wildman–Crippen LogP) is 1.95. The maximum absolute atomic E-state index is 12.3. The van der Waals surface area contributed by atoms with Gasteiger partial charge in [-0.05, 0) is 24.0 Å². The summed E-state index contributed by atoms with van der Waals surface area (Å²) in [6, 6.07) is 3.73. The molecule has 2 aromatic rings. The average molecular weight is 294 g/mol. The van der Waals surface area contributed by atoms with Crippen molar-refractivity contribution >= 4 is 11.6 Å². The van der Waals surface area contributed by atoms with Crippen molar-refractivity contribution in [3.05, 3.63) is 61.6 Å². The van der Waals surface area contributed by atoms with Gasteiger partial charge in [-0.25, -0.2) is 4.79 Å². The molecule has 0 aliphatic carbocycles. The van der Waals surface area contributed by atoms with Crippen LogP contribution in [0, 0.1) is 0 Å². The lowest BCUT2D eigenvalue weighted by Gasteiger charge is -2.11. The lowest BCUT2D eigenvalue weighted by Crippen LogP contribution is -2.38. The Kier molecular flexibility index (Phi) is 4.39. The van der Waals surface area contributed by atoms with E-state index in [1.165, 1.54) is 4.57 Å². The zero-order valence-corrected chi connectivity index (χ0v) is 12.1. The van der Waals surface area contributed by atoms with Crippen LogP contribution in [0.15, 0.2) is 34.1 Å². The highest BCUT2D eigenvalue weighted by atomic mass is 35.5. The van der Waals surface area contributed by atoms with Crippen molar-refractivity contribution in [3.63, 3.8) is 0 Å². The summed E-state index contributed by atoms with van der Waals surface area (Å²) < 4.78 is 1.19. The molecule has 1 N–H and O–H groups in total. The van der Waals surface area contributed by atoms with Gasteiger partial charge >= 0.3 is 5.69 Å². The third-order valence-corrected chi connectivity index (χ3v) is 3.40. The molecular weight excluding hydrogens is 278 g/mol. The number of aromatic nitrogens is 3. The third kappa shape index (κ3) is 2.99. The third-order valence-electron chi connectivity index (χ3n) is 3.10. The Hall–Kier alpha value is -1.88. The zero-order valence-electron chi connectivity index (χ0n) is 11.4. The Bertz CT molecular complexity index is 705. The molecule has 0 aliphatic rings. The van der Waals surface area contributed by atoms with Crippen molar-refractivity contribution in [2.45, 2.75) is 32.7 Å². The van der Waals surface area contributed by atoms with Gasteiger partial charge in [0.15, 0.2) is 0 Å². The maximum atomic E-state index is 12.3. The second-order valence-electron chi connectivity index (χ2n) is 4.88. The Labute approximate surface area is 121 Å². The van der Waals surface area contributed by atoms with Crippen LogP contribution in [-0.2, 0) is 13.0 Å². The number of hydrogen-bond donors (Lipinski definition) is 1. The van der Waals surface area contributed by atoms with E-state index < -0.39 is 5.69 Å². The first-order valence-electron chi connectivity index (χ1n) is 6.42. The van der Waals surface area contributed by atoms with Crippen LogP contribution in [0.4, 0.5) is 0 Å². The topological polar surface area (TPSA) is 67.8 Å². The molecule has 0 atom stereocenters. The fourth-order valence-electron chi connectivity index (χ4n) is 2.05. The van der Waals surface area contributed by atoms with E-state index in [0.717, 1.165) is 5.56 Å². The summed E-state index contributed by atoms with van der Waals surface area (Å²) in [5.74, 6) is -0.0449. The van der Waals surface area contributed by atoms with Crippen molar-refractivity contribution in [2.75, 3.05) is 0 Å². The molecule has 20 heavy (non-hydrogen) atoms. The van der Waals surface area contributed by atoms with E-state index in [1.54, 1.807) is 12.4 Å². The molecule has 106 valence electrons. The molecular formula is C14H16ClN3O2. The second kappa shape index (κ2) is 6.05. The van der Waals surface area contributed by atoms with Crippen LogP contribution in [0.3, 0.4) is 0 Å². The minimum atomic E-state index is -0.478. The molecule has 0 aliphatic heterocycles. The van der Waals surface area contributed by atoms with E-state index >= 15 is 0 Å². The lowest BCUT2D eigenvalue weighted by molar-refractivity contribution is 0.611. The number of aryl methyl sites for hydroxylation is 1. The summed E-state index contributed by atoms with van der Waals surface area (Å²) in [5.41, 5.74) is 0.614. The number of nitrogens with zero attached hydrogens (tertiary/aromatic N) is 2. The first-order valence-corrected chi connectivity index (χ1v) is 6.80. The zero-order chi connectivity index (χ0) is 14.7. The fourth-order valence-corrected chi connectivity index (χ4v) is 2.43. The Morgan fingerprint density at radius 1 is 1.40 bits per heavy atom. The molecule has 0 amide bonds. The molecule has 0 radical (unpaired) electrons. The van der Waals surface area contributed by atoms with Gasteiger partial charge in [-0.2, -0.15) is 0 Å². The number of aromatic amines is 1. The highest BCUT2D eigenvalue weighted by Crippen LogP contribution is 2.16. The number of nitrogens with one attached hydrogen (secondary N) is 1. The standard InChI is InChI=1S/C14H16ClN3O2/c1-9(2)11-12(15)17-14(20)18(13(11)19)7-5-10-4-3-6-16-8-10/h3-4,6,8-9H,5,7H2,1-2H3,(H,17,20). The summed E-state index contributed by atoms with van der Waals surface area (Å²) in [4.78, 5) is 30.7. The summed E-state index contributed by atoms with van der Waals surface area (Å²) in [5, 5.41) is 0.132. The van der Waals surface area contributed by atoms with E-state index in [-0.39, 0.29) is 16.6 Å². The van der Waals surface area contributed by atoms with Gasteiger partial charge in [0.1, 0.15) is 5.15 Å². The summed E-state index contributed by atoms with van der Waals surface area (Å²) >= 11 is 5.94. The molecule has 2 heterocycles. The van der Waals surface area contributed by atoms with Crippen LogP contribution in [0.25, 0.3) is 0 Å². The minimum Gasteiger partial charge on any atom is -0.297 e. The van der Waals surface area contributed by atoms with Gasteiger partial charge in [0.05, 0.1) is 5.56 Å². The Morgan fingerprint density at radius 3 is 2.75 bits per heavy atom. The van der Waals surface area contributed by atoms with E-state index in [0.29, 0.717) is 18.5 Å². The molecule has 0 unspecified atom stereocenters. The Balaban J connectivity index is 2.35. The van der Waals surface area contributed by atoms with Gasteiger partial charge in [-0.1, -0.05) is 31.5 Å². The summed E-state index contributed by atoms with van der Waals surface area (Å²) in [7, 11) is 0. The normalized spacial score (nSPS) is 11.0. The van der Waals surface area contributed by atoms with Crippen LogP contribution in [-0.4, -0.2) is 14.5 Å². The highest BCUT2D eigenvalue weighted by Gasteiger charge is 2.15. The first-order chi connectivity index (χ1) is 9.50. The average Bonchev–Trinajstić information content (AvgIpc) is 2.38. The maximum Gasteiger partial charge on any atom is 0.329 e. The van der Waals surface area contributed by atoms with Gasteiger partial charge in [0.25, 0.3) is 5.56 Å². The van der Waals surface area contributed by atoms with Gasteiger partial charge < -0.3 is 0 Å². The van der Waals surface area contributed by atoms with Crippen molar-refractivity contribution in [1.82, 2.24) is 14.5 Å². The van der Waals surface area contributed by atoms with Crippen LogP contribution >= 0.6 is 11.6 Å². The molecule has 0 saturated heterocycles. The predicted molar refractivity (Wildman–Crippen MR) is 78.4 cm³/mol. The second-order valence-corrected chi connectivity index (χ2v) is 5.26. The summed E-state index contributed by atoms with van der Waals surface area (Å²) in [6.45, 7) is 4.04. The fraction of sp³-hybridized carbons (Fsp3) is 0.357. The molecule has 2 aromatic heterocycles. The minimum absolute atomic E-state index is 0.0449. The van der Waals surface area contributed by atoms with Gasteiger partial charge in [0.2, 0.25) is 0 Å². The lowest BCUT2D eigenvalue weighted by atomic mass is 10.1. The van der Waals surface area contributed by atoms with Gasteiger partial charge in [0, 0.05) is 18.9 Å². The van der Waals surface area contributed by atoms with Gasteiger partial charge in [-0.3, -0.25) is 19.3 Å². The molecule has 2 rings (SSSR count). The number of hydrogen-bond acceptors (Lipinski definition) is 3. The number of rotatable bonds is 4. The smallest absolute Gasteiger partial charge is 0.297 e. The van der Waals surface area contributed by atoms with Crippen molar-refractivity contribution in [2.24, 2.45) is 0 Å². The van der Waals surface area contributed by atoms with Crippen molar-refractivity contribution < 1.29 is 0 Å². The van der Waals surface area contributed by atoms with Crippen LogP contribution in [0.2, 0.25) is 5.15 Å². The molecule has 0 spiro atoms. The quantitative estimate of drug-likeness (QED) is 0.876. The monoisotopic (exact) mass is 293 g/mol. The van der Waals surface area contributed by atoms with Crippen molar-refractivity contribution in [1.29, 1.82) is 0 Å². The molecule has 5 nitrogen and oxygen atoms in total. The van der Waals surface area contributed by atoms with E-state index in [2.05, 4.69) is 9.97 Å².